The number of nitrogens with one attached hydrogen (secondary N) is 1. The van der Waals surface area contributed by atoms with Crippen LogP contribution >= 0.6 is 0 Å². The summed E-state index contributed by atoms with van der Waals surface area (Å²) in [5.74, 6) is 0.520. The third-order valence-corrected chi connectivity index (χ3v) is 3.86. The number of rotatable bonds is 8. The topological polar surface area (TPSA) is 58.6 Å². The van der Waals surface area contributed by atoms with E-state index in [1.54, 1.807) is 0 Å². The average molecular weight is 291 g/mol. The molecule has 1 aromatic rings. The molecule has 0 aromatic heterocycles. The summed E-state index contributed by atoms with van der Waals surface area (Å²) >= 11 is 0. The minimum atomic E-state index is -0.793. The summed E-state index contributed by atoms with van der Waals surface area (Å²) < 4.78 is 5.81. The summed E-state index contributed by atoms with van der Waals surface area (Å²) in [6.45, 7) is 6.72. The number of aliphatic carboxylic acids is 1. The Labute approximate surface area is 126 Å². The molecule has 0 radical (unpaired) electrons. The van der Waals surface area contributed by atoms with Crippen LogP contribution in [0, 0.1) is 6.92 Å². The first-order valence-corrected chi connectivity index (χ1v) is 7.69. The van der Waals surface area contributed by atoms with Crippen molar-refractivity contribution < 1.29 is 14.6 Å². The smallest absolute Gasteiger partial charge is 0.320 e. The van der Waals surface area contributed by atoms with E-state index in [1.165, 1.54) is 5.56 Å². The number of benzene rings is 1. The van der Waals surface area contributed by atoms with Crippen LogP contribution in [0.4, 0.5) is 0 Å². The van der Waals surface area contributed by atoms with Crippen molar-refractivity contribution in [2.45, 2.75) is 58.0 Å². The molecule has 0 spiro atoms. The molecule has 4 heteroatoms. The maximum absolute atomic E-state index is 11.2. The normalized spacial score (nSPS) is 16.0. The van der Waals surface area contributed by atoms with Crippen LogP contribution in [0.1, 0.15) is 50.2 Å². The zero-order valence-electron chi connectivity index (χ0n) is 13.1. The van der Waals surface area contributed by atoms with Gasteiger partial charge in [0.2, 0.25) is 0 Å². The fraction of sp³-hybridized carbons (Fsp3) is 0.588. The molecular formula is C17H25NO3. The first-order chi connectivity index (χ1) is 9.97. The van der Waals surface area contributed by atoms with Crippen LogP contribution in [0.15, 0.2) is 18.2 Å². The Morgan fingerprint density at radius 2 is 2.14 bits per heavy atom. The number of hydrogen-bond donors (Lipinski definition) is 2. The SMILES string of the molecule is Cc1ccc(C(C)C)cc1OCCC(NC1CC1)C(=O)O. The number of carboxylic acids is 1. The van der Waals surface area contributed by atoms with Gasteiger partial charge in [-0.3, -0.25) is 4.79 Å². The number of carbonyl (C=O) groups is 1. The van der Waals surface area contributed by atoms with Gasteiger partial charge < -0.3 is 15.2 Å². The molecule has 1 unspecified atom stereocenters. The standard InChI is InChI=1S/C17H25NO3/c1-11(2)13-5-4-12(3)16(10-13)21-9-8-15(17(19)20)18-14-6-7-14/h4-5,10-11,14-15,18H,6-9H2,1-3H3,(H,19,20). The molecule has 0 aliphatic heterocycles. The van der Waals surface area contributed by atoms with Crippen LogP contribution in [0.5, 0.6) is 5.75 Å². The van der Waals surface area contributed by atoms with Gasteiger partial charge in [-0.25, -0.2) is 0 Å². The fourth-order valence-electron chi connectivity index (χ4n) is 2.23. The Hall–Kier alpha value is -1.55. The molecule has 1 fully saturated rings. The highest BCUT2D eigenvalue weighted by Crippen LogP contribution is 2.25. The Morgan fingerprint density at radius 1 is 1.43 bits per heavy atom. The van der Waals surface area contributed by atoms with Gasteiger partial charge in [-0.15, -0.1) is 0 Å². The third-order valence-electron chi connectivity index (χ3n) is 3.86. The summed E-state index contributed by atoms with van der Waals surface area (Å²) in [4.78, 5) is 11.2. The molecule has 1 aliphatic rings. The van der Waals surface area contributed by atoms with Crippen LogP contribution in [0.25, 0.3) is 0 Å². The van der Waals surface area contributed by atoms with Crippen molar-refractivity contribution in [2.75, 3.05) is 6.61 Å². The largest absolute Gasteiger partial charge is 0.493 e. The highest BCUT2D eigenvalue weighted by atomic mass is 16.5. The van der Waals surface area contributed by atoms with Crippen molar-refractivity contribution in [3.05, 3.63) is 29.3 Å². The van der Waals surface area contributed by atoms with E-state index in [2.05, 4.69) is 37.4 Å². The molecule has 116 valence electrons. The minimum Gasteiger partial charge on any atom is -0.493 e. The third kappa shape index (κ3) is 4.74. The number of carboxylic acid groups (broad SMARTS) is 1. The molecule has 0 saturated heterocycles. The monoisotopic (exact) mass is 291 g/mol. The van der Waals surface area contributed by atoms with E-state index in [1.807, 2.05) is 6.92 Å². The predicted octanol–water partition coefficient (Wildman–Crippen LogP) is 3.09. The van der Waals surface area contributed by atoms with Crippen LogP contribution in [-0.4, -0.2) is 29.8 Å². The summed E-state index contributed by atoms with van der Waals surface area (Å²) in [5, 5.41) is 12.3. The van der Waals surface area contributed by atoms with Crippen molar-refractivity contribution in [3.63, 3.8) is 0 Å². The van der Waals surface area contributed by atoms with Gasteiger partial charge in [-0.1, -0.05) is 26.0 Å². The Balaban J connectivity index is 1.89. The van der Waals surface area contributed by atoms with E-state index < -0.39 is 12.0 Å². The quantitative estimate of drug-likeness (QED) is 0.772. The van der Waals surface area contributed by atoms with Gasteiger partial charge in [0.05, 0.1) is 6.61 Å². The zero-order chi connectivity index (χ0) is 15.4. The van der Waals surface area contributed by atoms with Gasteiger partial charge in [-0.05, 0) is 42.9 Å². The van der Waals surface area contributed by atoms with E-state index in [4.69, 9.17) is 4.74 Å². The molecule has 1 aliphatic carbocycles. The van der Waals surface area contributed by atoms with E-state index in [9.17, 15) is 9.90 Å². The van der Waals surface area contributed by atoms with Crippen molar-refractivity contribution in [3.8, 4) is 5.75 Å². The van der Waals surface area contributed by atoms with Crippen molar-refractivity contribution in [2.24, 2.45) is 0 Å². The van der Waals surface area contributed by atoms with E-state index in [-0.39, 0.29) is 0 Å². The van der Waals surface area contributed by atoms with Crippen molar-refractivity contribution in [1.82, 2.24) is 5.32 Å². The number of ether oxygens (including phenoxy) is 1. The molecule has 2 rings (SSSR count). The van der Waals surface area contributed by atoms with Gasteiger partial charge in [0.25, 0.3) is 0 Å². The summed E-state index contributed by atoms with van der Waals surface area (Å²) in [5.41, 5.74) is 2.32. The van der Waals surface area contributed by atoms with Gasteiger partial charge in [0.1, 0.15) is 11.8 Å². The number of hydrogen-bond acceptors (Lipinski definition) is 3. The van der Waals surface area contributed by atoms with E-state index in [0.717, 1.165) is 24.2 Å². The lowest BCUT2D eigenvalue weighted by molar-refractivity contribution is -0.139. The molecule has 2 N–H and O–H groups in total. The zero-order valence-corrected chi connectivity index (χ0v) is 13.1. The molecule has 21 heavy (non-hydrogen) atoms. The molecular weight excluding hydrogens is 266 g/mol. The lowest BCUT2D eigenvalue weighted by Crippen LogP contribution is -2.39. The maximum Gasteiger partial charge on any atom is 0.320 e. The molecule has 1 aromatic carbocycles. The highest BCUT2D eigenvalue weighted by Gasteiger charge is 2.28. The van der Waals surface area contributed by atoms with Crippen LogP contribution in [0.2, 0.25) is 0 Å². The molecule has 0 heterocycles. The van der Waals surface area contributed by atoms with Crippen LogP contribution in [-0.2, 0) is 4.79 Å². The Morgan fingerprint density at radius 3 is 2.71 bits per heavy atom. The second-order valence-electron chi connectivity index (χ2n) is 6.15. The summed E-state index contributed by atoms with van der Waals surface area (Å²) in [7, 11) is 0. The van der Waals surface area contributed by atoms with Gasteiger partial charge in [0, 0.05) is 12.5 Å². The van der Waals surface area contributed by atoms with Crippen LogP contribution in [0.3, 0.4) is 0 Å². The lowest BCUT2D eigenvalue weighted by atomic mass is 10.0. The summed E-state index contributed by atoms with van der Waals surface area (Å²) in [6.07, 6.45) is 2.65. The molecule has 0 amide bonds. The molecule has 1 atom stereocenters. The molecule has 4 nitrogen and oxygen atoms in total. The minimum absolute atomic E-state index is 0.386. The van der Waals surface area contributed by atoms with Crippen LogP contribution < -0.4 is 10.1 Å². The van der Waals surface area contributed by atoms with E-state index >= 15 is 0 Å². The molecule has 1 saturated carbocycles. The Bertz CT molecular complexity index is 495. The van der Waals surface area contributed by atoms with Gasteiger partial charge in [0.15, 0.2) is 0 Å². The highest BCUT2D eigenvalue weighted by molar-refractivity contribution is 5.73. The second-order valence-corrected chi connectivity index (χ2v) is 6.15. The fourth-order valence-corrected chi connectivity index (χ4v) is 2.23. The predicted molar refractivity (Wildman–Crippen MR) is 83.0 cm³/mol. The number of aryl methyl sites for hydroxylation is 1. The first kappa shape index (κ1) is 15.8. The average Bonchev–Trinajstić information content (AvgIpc) is 3.23. The van der Waals surface area contributed by atoms with Gasteiger partial charge in [-0.2, -0.15) is 0 Å². The first-order valence-electron chi connectivity index (χ1n) is 7.69. The Kier molecular flexibility index (Phi) is 5.23. The second kappa shape index (κ2) is 6.94. The lowest BCUT2D eigenvalue weighted by Gasteiger charge is -2.16. The van der Waals surface area contributed by atoms with Crippen molar-refractivity contribution >= 4 is 5.97 Å². The molecule has 0 bridgehead atoms. The van der Waals surface area contributed by atoms with Crippen molar-refractivity contribution in [1.29, 1.82) is 0 Å². The summed E-state index contributed by atoms with van der Waals surface area (Å²) in [6, 6.07) is 6.11. The van der Waals surface area contributed by atoms with Gasteiger partial charge >= 0.3 is 5.97 Å². The van der Waals surface area contributed by atoms with E-state index in [0.29, 0.717) is 25.0 Å². The maximum atomic E-state index is 11.2.